The van der Waals surface area contributed by atoms with E-state index in [1.807, 2.05) is 0 Å². The van der Waals surface area contributed by atoms with Crippen molar-refractivity contribution in [1.82, 2.24) is 15.6 Å². The summed E-state index contributed by atoms with van der Waals surface area (Å²) >= 11 is 1.70. The van der Waals surface area contributed by atoms with E-state index in [4.69, 9.17) is 4.99 Å². The van der Waals surface area contributed by atoms with E-state index in [-0.39, 0.29) is 0 Å². The highest BCUT2D eigenvalue weighted by atomic mass is 32.1. The monoisotopic (exact) mass is 373 g/mol. The van der Waals surface area contributed by atoms with Crippen LogP contribution in [-0.2, 0) is 13.1 Å². The Bertz CT molecular complexity index is 734. The van der Waals surface area contributed by atoms with Crippen LogP contribution in [0.15, 0.2) is 28.6 Å². The molecule has 0 aliphatic heterocycles. The van der Waals surface area contributed by atoms with E-state index in [2.05, 4.69) is 85.9 Å². The van der Waals surface area contributed by atoms with Gasteiger partial charge in [0, 0.05) is 31.7 Å². The van der Waals surface area contributed by atoms with Crippen molar-refractivity contribution in [2.75, 3.05) is 25.5 Å². The van der Waals surface area contributed by atoms with Gasteiger partial charge in [-0.2, -0.15) is 0 Å². The van der Waals surface area contributed by atoms with Gasteiger partial charge in [-0.15, -0.1) is 11.3 Å². The Hall–Kier alpha value is -2.08. The fourth-order valence-corrected chi connectivity index (χ4v) is 3.37. The number of hydrogen-bond donors (Lipinski definition) is 2. The fraction of sp³-hybridized carbons (Fsp3) is 0.500. The topological polar surface area (TPSA) is 52.6 Å². The molecule has 26 heavy (non-hydrogen) atoms. The molecule has 0 saturated heterocycles. The predicted octanol–water partition coefficient (Wildman–Crippen LogP) is 3.90. The largest absolute Gasteiger partial charge is 0.378 e. The first-order valence-electron chi connectivity index (χ1n) is 9.14. The molecule has 0 radical (unpaired) electrons. The quantitative estimate of drug-likeness (QED) is 0.571. The Balaban J connectivity index is 2.01. The summed E-state index contributed by atoms with van der Waals surface area (Å²) in [5, 5.41) is 9.93. The zero-order valence-electron chi connectivity index (χ0n) is 16.8. The van der Waals surface area contributed by atoms with E-state index in [0.29, 0.717) is 19.0 Å². The van der Waals surface area contributed by atoms with Crippen LogP contribution in [0.1, 0.15) is 48.5 Å². The van der Waals surface area contributed by atoms with Crippen LogP contribution in [-0.4, -0.2) is 31.6 Å². The van der Waals surface area contributed by atoms with Crippen LogP contribution < -0.4 is 15.5 Å². The van der Waals surface area contributed by atoms with Gasteiger partial charge < -0.3 is 15.5 Å². The van der Waals surface area contributed by atoms with Gasteiger partial charge in [0.05, 0.1) is 18.8 Å². The number of aliphatic imine (C=N–C) groups is 1. The second-order valence-corrected chi connectivity index (χ2v) is 7.82. The minimum Gasteiger partial charge on any atom is -0.378 e. The number of nitrogens with one attached hydrogen (secondary N) is 2. The van der Waals surface area contributed by atoms with E-state index in [0.717, 1.165) is 23.2 Å². The summed E-state index contributed by atoms with van der Waals surface area (Å²) in [6.45, 7) is 10.7. The summed E-state index contributed by atoms with van der Waals surface area (Å²) in [6.07, 6.45) is 0. The number of benzene rings is 1. The third-order valence-corrected chi connectivity index (χ3v) is 5.03. The number of guanidine groups is 1. The standard InChI is InChI=1S/C20H31N5S/c1-7-21-20(23-12-19-24-18(13-26-19)14(2)3)22-11-16-8-9-17(25(5)6)10-15(16)4/h8-10,13-14H,7,11-12H2,1-6H3,(H2,21,22,23). The van der Waals surface area contributed by atoms with Gasteiger partial charge >= 0.3 is 0 Å². The van der Waals surface area contributed by atoms with Gasteiger partial charge in [0.1, 0.15) is 5.01 Å². The lowest BCUT2D eigenvalue weighted by Gasteiger charge is -2.15. The zero-order valence-corrected chi connectivity index (χ0v) is 17.6. The lowest BCUT2D eigenvalue weighted by molar-refractivity contribution is 0.787. The van der Waals surface area contributed by atoms with Crippen molar-refractivity contribution in [1.29, 1.82) is 0 Å². The van der Waals surface area contributed by atoms with E-state index in [1.54, 1.807) is 11.3 Å². The molecule has 2 N–H and O–H groups in total. The molecule has 0 amide bonds. The lowest BCUT2D eigenvalue weighted by Crippen LogP contribution is -2.36. The maximum atomic E-state index is 4.73. The van der Waals surface area contributed by atoms with Crippen molar-refractivity contribution in [3.05, 3.63) is 45.4 Å². The van der Waals surface area contributed by atoms with E-state index in [9.17, 15) is 0 Å². The molecule has 0 saturated carbocycles. The van der Waals surface area contributed by atoms with Gasteiger partial charge in [-0.3, -0.25) is 0 Å². The van der Waals surface area contributed by atoms with E-state index < -0.39 is 0 Å². The normalized spacial score (nSPS) is 11.7. The SMILES string of the molecule is CCNC(=NCc1ccc(N(C)C)cc1C)NCc1nc(C(C)C)cs1. The molecule has 0 atom stereocenters. The van der Waals surface area contributed by atoms with Crippen molar-refractivity contribution in [3.63, 3.8) is 0 Å². The average molecular weight is 374 g/mol. The number of aromatic nitrogens is 1. The molecule has 0 fully saturated rings. The number of hydrogen-bond acceptors (Lipinski definition) is 4. The zero-order chi connectivity index (χ0) is 19.1. The minimum atomic E-state index is 0.468. The van der Waals surface area contributed by atoms with Gasteiger partial charge in [0.15, 0.2) is 5.96 Å². The first kappa shape index (κ1) is 20.2. The van der Waals surface area contributed by atoms with Crippen LogP contribution >= 0.6 is 11.3 Å². The molecule has 142 valence electrons. The Labute approximate surface area is 161 Å². The maximum Gasteiger partial charge on any atom is 0.191 e. The molecule has 2 aromatic rings. The molecule has 1 aromatic carbocycles. The number of thiazole rings is 1. The van der Waals surface area contributed by atoms with Gasteiger partial charge in [-0.1, -0.05) is 19.9 Å². The molecule has 1 aromatic heterocycles. The first-order valence-corrected chi connectivity index (χ1v) is 10.0. The summed E-state index contributed by atoms with van der Waals surface area (Å²) in [4.78, 5) is 11.5. The first-order chi connectivity index (χ1) is 12.4. The third kappa shape index (κ3) is 5.73. The molecule has 0 spiro atoms. The Kier molecular flexibility index (Phi) is 7.45. The molecule has 5 nitrogen and oxygen atoms in total. The predicted molar refractivity (Wildman–Crippen MR) is 113 cm³/mol. The van der Waals surface area contributed by atoms with Gasteiger partial charge in [0.2, 0.25) is 0 Å². The summed E-state index contributed by atoms with van der Waals surface area (Å²) in [7, 11) is 4.12. The van der Waals surface area contributed by atoms with Crippen molar-refractivity contribution in [2.45, 2.75) is 46.7 Å². The highest BCUT2D eigenvalue weighted by Crippen LogP contribution is 2.19. The number of anilines is 1. The Morgan fingerprint density at radius 1 is 1.27 bits per heavy atom. The van der Waals surface area contributed by atoms with Crippen LogP contribution in [0, 0.1) is 6.92 Å². The van der Waals surface area contributed by atoms with Crippen LogP contribution in [0.4, 0.5) is 5.69 Å². The van der Waals surface area contributed by atoms with Crippen molar-refractivity contribution < 1.29 is 0 Å². The van der Waals surface area contributed by atoms with Gasteiger partial charge in [0.25, 0.3) is 0 Å². The molecule has 0 aliphatic carbocycles. The van der Waals surface area contributed by atoms with Crippen LogP contribution in [0.5, 0.6) is 0 Å². The molecule has 2 rings (SSSR count). The van der Waals surface area contributed by atoms with Gasteiger partial charge in [-0.05, 0) is 43.0 Å². The fourth-order valence-electron chi connectivity index (χ4n) is 2.47. The summed E-state index contributed by atoms with van der Waals surface area (Å²) in [6, 6.07) is 6.50. The van der Waals surface area contributed by atoms with Crippen LogP contribution in [0.25, 0.3) is 0 Å². The molecule has 1 heterocycles. The number of nitrogens with zero attached hydrogens (tertiary/aromatic N) is 3. The Morgan fingerprint density at radius 3 is 2.62 bits per heavy atom. The Morgan fingerprint density at radius 2 is 2.04 bits per heavy atom. The second-order valence-electron chi connectivity index (χ2n) is 6.87. The van der Waals surface area contributed by atoms with Crippen molar-refractivity contribution in [2.24, 2.45) is 4.99 Å². The van der Waals surface area contributed by atoms with Crippen LogP contribution in [0.2, 0.25) is 0 Å². The smallest absolute Gasteiger partial charge is 0.191 e. The average Bonchev–Trinajstić information content (AvgIpc) is 3.07. The van der Waals surface area contributed by atoms with E-state index in [1.165, 1.54) is 16.8 Å². The lowest BCUT2D eigenvalue weighted by atomic mass is 10.1. The third-order valence-electron chi connectivity index (χ3n) is 4.16. The van der Waals surface area contributed by atoms with Crippen molar-refractivity contribution >= 4 is 23.0 Å². The molecule has 0 bridgehead atoms. The molecular formula is C20H31N5S. The summed E-state index contributed by atoms with van der Waals surface area (Å²) in [5.41, 5.74) is 4.87. The highest BCUT2D eigenvalue weighted by Gasteiger charge is 2.07. The summed E-state index contributed by atoms with van der Waals surface area (Å²) in [5.74, 6) is 1.29. The molecule has 0 unspecified atom stereocenters. The molecule has 0 aliphatic rings. The maximum absolute atomic E-state index is 4.73. The number of rotatable bonds is 7. The number of aryl methyl sites for hydroxylation is 1. The van der Waals surface area contributed by atoms with Gasteiger partial charge in [-0.25, -0.2) is 9.98 Å². The van der Waals surface area contributed by atoms with Crippen molar-refractivity contribution in [3.8, 4) is 0 Å². The minimum absolute atomic E-state index is 0.468. The molecular weight excluding hydrogens is 342 g/mol. The van der Waals surface area contributed by atoms with Crippen LogP contribution in [0.3, 0.4) is 0 Å². The highest BCUT2D eigenvalue weighted by molar-refractivity contribution is 7.09. The summed E-state index contributed by atoms with van der Waals surface area (Å²) < 4.78 is 0. The molecule has 6 heteroatoms. The second kappa shape index (κ2) is 9.57. The van der Waals surface area contributed by atoms with E-state index >= 15 is 0 Å².